The highest BCUT2D eigenvalue weighted by Crippen LogP contribution is 2.22. The van der Waals surface area contributed by atoms with Crippen molar-refractivity contribution in [3.05, 3.63) is 53.6 Å². The van der Waals surface area contributed by atoms with Crippen molar-refractivity contribution in [2.75, 3.05) is 14.2 Å². The SMILES string of the molecule is COc1cc(OC)cc(C(=O)NNC(=O)c2cccc(OC(F)F)c2)c1. The number of hydrazine groups is 1. The van der Waals surface area contributed by atoms with E-state index in [2.05, 4.69) is 15.6 Å². The summed E-state index contributed by atoms with van der Waals surface area (Å²) in [5, 5.41) is 0. The monoisotopic (exact) mass is 366 g/mol. The van der Waals surface area contributed by atoms with Gasteiger partial charge in [-0.3, -0.25) is 20.4 Å². The normalized spacial score (nSPS) is 10.2. The van der Waals surface area contributed by atoms with Gasteiger partial charge < -0.3 is 14.2 Å². The Kier molecular flexibility index (Phi) is 6.31. The van der Waals surface area contributed by atoms with Crippen LogP contribution in [0.25, 0.3) is 0 Å². The number of methoxy groups -OCH3 is 2. The molecule has 0 spiro atoms. The second-order valence-corrected chi connectivity index (χ2v) is 4.92. The van der Waals surface area contributed by atoms with Crippen LogP contribution in [0.3, 0.4) is 0 Å². The molecule has 0 heterocycles. The molecule has 0 bridgehead atoms. The zero-order valence-corrected chi connectivity index (χ0v) is 13.9. The predicted octanol–water partition coefficient (Wildman–Crippen LogP) is 2.38. The average molecular weight is 366 g/mol. The third-order valence-corrected chi connectivity index (χ3v) is 3.22. The van der Waals surface area contributed by atoms with Crippen molar-refractivity contribution < 1.29 is 32.6 Å². The summed E-state index contributed by atoms with van der Waals surface area (Å²) in [6.07, 6.45) is 0. The number of rotatable bonds is 6. The fourth-order valence-electron chi connectivity index (χ4n) is 2.01. The Balaban J connectivity index is 2.04. The molecule has 0 aliphatic rings. The second kappa shape index (κ2) is 8.65. The Morgan fingerprint density at radius 1 is 0.846 bits per heavy atom. The minimum absolute atomic E-state index is 0.0340. The molecule has 138 valence electrons. The van der Waals surface area contributed by atoms with Gasteiger partial charge in [-0.25, -0.2) is 0 Å². The molecule has 2 amide bonds. The van der Waals surface area contributed by atoms with E-state index in [1.165, 1.54) is 44.6 Å². The Labute approximate surface area is 147 Å². The van der Waals surface area contributed by atoms with Gasteiger partial charge in [-0.15, -0.1) is 0 Å². The number of halogens is 2. The second-order valence-electron chi connectivity index (χ2n) is 4.92. The topological polar surface area (TPSA) is 85.9 Å². The van der Waals surface area contributed by atoms with E-state index in [1.54, 1.807) is 6.07 Å². The third kappa shape index (κ3) is 5.07. The summed E-state index contributed by atoms with van der Waals surface area (Å²) < 4.78 is 38.8. The van der Waals surface area contributed by atoms with E-state index in [0.717, 1.165) is 6.07 Å². The van der Waals surface area contributed by atoms with Crippen molar-refractivity contribution in [1.29, 1.82) is 0 Å². The van der Waals surface area contributed by atoms with Crippen molar-refractivity contribution >= 4 is 11.8 Å². The lowest BCUT2D eigenvalue weighted by atomic mass is 10.2. The zero-order chi connectivity index (χ0) is 19.1. The van der Waals surface area contributed by atoms with Crippen molar-refractivity contribution in [2.24, 2.45) is 0 Å². The zero-order valence-electron chi connectivity index (χ0n) is 13.9. The first-order valence-corrected chi connectivity index (χ1v) is 7.31. The van der Waals surface area contributed by atoms with Crippen LogP contribution in [-0.2, 0) is 0 Å². The van der Waals surface area contributed by atoms with Crippen LogP contribution in [0.15, 0.2) is 42.5 Å². The highest BCUT2D eigenvalue weighted by Gasteiger charge is 2.13. The first kappa shape index (κ1) is 19.0. The molecule has 26 heavy (non-hydrogen) atoms. The number of nitrogens with one attached hydrogen (secondary N) is 2. The average Bonchev–Trinajstić information content (AvgIpc) is 2.64. The molecule has 2 aromatic rings. The third-order valence-electron chi connectivity index (χ3n) is 3.22. The molecule has 2 N–H and O–H groups in total. The lowest BCUT2D eigenvalue weighted by molar-refractivity contribution is -0.0498. The van der Waals surface area contributed by atoms with E-state index in [0.29, 0.717) is 11.5 Å². The van der Waals surface area contributed by atoms with Crippen LogP contribution in [0.1, 0.15) is 20.7 Å². The number of ether oxygens (including phenoxy) is 3. The van der Waals surface area contributed by atoms with Crippen LogP contribution >= 0.6 is 0 Å². The first-order chi connectivity index (χ1) is 12.4. The summed E-state index contributed by atoms with van der Waals surface area (Å²) in [5.41, 5.74) is 4.64. The molecule has 0 saturated heterocycles. The first-order valence-electron chi connectivity index (χ1n) is 7.31. The Hall–Kier alpha value is -3.36. The summed E-state index contributed by atoms with van der Waals surface area (Å²) >= 11 is 0. The lowest BCUT2D eigenvalue weighted by Gasteiger charge is -2.11. The van der Waals surface area contributed by atoms with Crippen LogP contribution in [0.2, 0.25) is 0 Å². The van der Waals surface area contributed by atoms with Gasteiger partial charge in [0.25, 0.3) is 11.8 Å². The number of benzene rings is 2. The van der Waals surface area contributed by atoms with Crippen molar-refractivity contribution in [3.63, 3.8) is 0 Å². The number of hydrogen-bond donors (Lipinski definition) is 2. The van der Waals surface area contributed by atoms with E-state index in [4.69, 9.17) is 9.47 Å². The number of amides is 2. The molecule has 9 heteroatoms. The Morgan fingerprint density at radius 3 is 1.92 bits per heavy atom. The van der Waals surface area contributed by atoms with Gasteiger partial charge in [0, 0.05) is 17.2 Å². The number of alkyl halides is 2. The molecule has 2 rings (SSSR count). The molecule has 0 unspecified atom stereocenters. The lowest BCUT2D eigenvalue weighted by Crippen LogP contribution is -2.41. The van der Waals surface area contributed by atoms with Gasteiger partial charge in [-0.2, -0.15) is 8.78 Å². The molecule has 0 aliphatic carbocycles. The Bertz CT molecular complexity index is 776. The smallest absolute Gasteiger partial charge is 0.387 e. The molecular weight excluding hydrogens is 350 g/mol. The van der Waals surface area contributed by atoms with Gasteiger partial charge in [0.05, 0.1) is 14.2 Å². The summed E-state index contributed by atoms with van der Waals surface area (Å²) in [6, 6.07) is 9.67. The number of carbonyl (C=O) groups is 2. The number of hydrogen-bond acceptors (Lipinski definition) is 5. The maximum Gasteiger partial charge on any atom is 0.387 e. The van der Waals surface area contributed by atoms with Gasteiger partial charge >= 0.3 is 6.61 Å². The van der Waals surface area contributed by atoms with Crippen LogP contribution in [-0.4, -0.2) is 32.6 Å². The molecule has 0 radical (unpaired) electrons. The van der Waals surface area contributed by atoms with Crippen molar-refractivity contribution in [3.8, 4) is 17.2 Å². The molecular formula is C17H16F2N2O5. The van der Waals surface area contributed by atoms with E-state index < -0.39 is 18.4 Å². The maximum atomic E-state index is 12.2. The van der Waals surface area contributed by atoms with Crippen LogP contribution < -0.4 is 25.1 Å². The highest BCUT2D eigenvalue weighted by molar-refractivity contribution is 5.99. The summed E-state index contributed by atoms with van der Waals surface area (Å²) in [5.74, 6) is -0.685. The van der Waals surface area contributed by atoms with E-state index in [9.17, 15) is 18.4 Å². The van der Waals surface area contributed by atoms with Gasteiger partial charge in [0.1, 0.15) is 17.2 Å². The van der Waals surface area contributed by atoms with Gasteiger partial charge in [0.2, 0.25) is 0 Å². The van der Waals surface area contributed by atoms with Gasteiger partial charge in [0.15, 0.2) is 0 Å². The van der Waals surface area contributed by atoms with Crippen LogP contribution in [0.4, 0.5) is 8.78 Å². The van der Waals surface area contributed by atoms with Crippen LogP contribution in [0, 0.1) is 0 Å². The van der Waals surface area contributed by atoms with E-state index >= 15 is 0 Å². The molecule has 2 aromatic carbocycles. The molecule has 0 aromatic heterocycles. The molecule has 0 atom stereocenters. The minimum Gasteiger partial charge on any atom is -0.497 e. The minimum atomic E-state index is -3.00. The number of carbonyl (C=O) groups excluding carboxylic acids is 2. The fraction of sp³-hybridized carbons (Fsp3) is 0.176. The van der Waals surface area contributed by atoms with E-state index in [1.807, 2.05) is 0 Å². The summed E-state index contributed by atoms with van der Waals surface area (Å²) in [7, 11) is 2.87. The quantitative estimate of drug-likeness (QED) is 0.767. The molecule has 0 fully saturated rings. The Morgan fingerprint density at radius 2 is 1.38 bits per heavy atom. The molecule has 0 aliphatic heterocycles. The largest absolute Gasteiger partial charge is 0.497 e. The molecule has 0 saturated carbocycles. The predicted molar refractivity (Wildman–Crippen MR) is 87.6 cm³/mol. The fourth-order valence-corrected chi connectivity index (χ4v) is 2.01. The standard InChI is InChI=1S/C17H16F2N2O5/c1-24-13-7-11(8-14(9-13)25-2)16(23)21-20-15(22)10-4-3-5-12(6-10)26-17(18)19/h3-9,17H,1-2H3,(H,20,22)(H,21,23). The summed E-state index contributed by atoms with van der Waals surface area (Å²) in [4.78, 5) is 24.2. The van der Waals surface area contributed by atoms with Gasteiger partial charge in [-0.05, 0) is 30.3 Å². The molecule has 7 nitrogen and oxygen atoms in total. The maximum absolute atomic E-state index is 12.2. The highest BCUT2D eigenvalue weighted by atomic mass is 19.3. The summed E-state index contributed by atoms with van der Waals surface area (Å²) in [6.45, 7) is -3.00. The van der Waals surface area contributed by atoms with E-state index in [-0.39, 0.29) is 16.9 Å². The van der Waals surface area contributed by atoms with Crippen molar-refractivity contribution in [2.45, 2.75) is 6.61 Å². The van der Waals surface area contributed by atoms with Gasteiger partial charge in [-0.1, -0.05) is 6.07 Å². The van der Waals surface area contributed by atoms with Crippen molar-refractivity contribution in [1.82, 2.24) is 10.9 Å². The van der Waals surface area contributed by atoms with Crippen LogP contribution in [0.5, 0.6) is 17.2 Å².